The van der Waals surface area contributed by atoms with Crippen LogP contribution in [0.25, 0.3) is 0 Å². The van der Waals surface area contributed by atoms with Crippen molar-refractivity contribution in [1.29, 1.82) is 0 Å². The molecule has 1 unspecified atom stereocenters. The second-order valence-corrected chi connectivity index (χ2v) is 8.02. The molecular weight excluding hydrogens is 342 g/mol. The van der Waals surface area contributed by atoms with Gasteiger partial charge in [-0.05, 0) is 49.4 Å². The highest BCUT2D eigenvalue weighted by atomic mass is 16.5. The molecule has 6 nitrogen and oxygen atoms in total. The molecule has 6 heteroatoms. The maximum absolute atomic E-state index is 12.8. The van der Waals surface area contributed by atoms with E-state index in [1.807, 2.05) is 4.90 Å². The fourth-order valence-corrected chi connectivity index (χ4v) is 4.39. The van der Waals surface area contributed by atoms with E-state index in [-0.39, 0.29) is 18.6 Å². The van der Waals surface area contributed by atoms with E-state index in [0.717, 1.165) is 52.0 Å². The fourth-order valence-electron chi connectivity index (χ4n) is 4.39. The first kappa shape index (κ1) is 18.4. The zero-order chi connectivity index (χ0) is 18.6. The number of hydrogen-bond donors (Lipinski definition) is 1. The Balaban J connectivity index is 1.20. The number of nitrogens with one attached hydrogen (secondary N) is 1. The highest BCUT2D eigenvalue weighted by Crippen LogP contribution is 2.24. The van der Waals surface area contributed by atoms with Gasteiger partial charge in [0.2, 0.25) is 11.8 Å². The number of piperidine rings is 1. The van der Waals surface area contributed by atoms with Crippen LogP contribution in [-0.4, -0.2) is 67.0 Å². The van der Waals surface area contributed by atoms with Crippen molar-refractivity contribution in [2.24, 2.45) is 5.92 Å². The summed E-state index contributed by atoms with van der Waals surface area (Å²) in [6.07, 6.45) is 3.86. The van der Waals surface area contributed by atoms with Gasteiger partial charge in [-0.3, -0.25) is 9.59 Å². The van der Waals surface area contributed by atoms with E-state index in [2.05, 4.69) is 34.5 Å². The van der Waals surface area contributed by atoms with Crippen LogP contribution in [0.1, 0.15) is 30.4 Å². The van der Waals surface area contributed by atoms with E-state index >= 15 is 0 Å². The fraction of sp³-hybridized carbons (Fsp3) is 0.619. The van der Waals surface area contributed by atoms with Crippen LogP contribution in [0.4, 0.5) is 0 Å². The number of morpholine rings is 1. The van der Waals surface area contributed by atoms with Crippen LogP contribution in [0.2, 0.25) is 0 Å². The standard InChI is InChI=1S/C21H29N3O3/c25-20-15-27-19(12-22-20)14-23-8-5-16(6-9-23)11-21(26)24-10-7-17-3-1-2-4-18(17)13-24/h1-4,16,19H,5-15H2,(H,22,25). The lowest BCUT2D eigenvalue weighted by Gasteiger charge is -2.36. The molecule has 1 atom stereocenters. The Kier molecular flexibility index (Phi) is 5.74. The first-order valence-corrected chi connectivity index (χ1v) is 10.1. The molecule has 3 aliphatic rings. The summed E-state index contributed by atoms with van der Waals surface area (Å²) >= 11 is 0. The van der Waals surface area contributed by atoms with E-state index in [1.165, 1.54) is 11.1 Å². The van der Waals surface area contributed by atoms with Gasteiger partial charge >= 0.3 is 0 Å². The molecule has 0 bridgehead atoms. The minimum atomic E-state index is -0.0243. The van der Waals surface area contributed by atoms with E-state index < -0.39 is 0 Å². The summed E-state index contributed by atoms with van der Waals surface area (Å²) in [6, 6.07) is 8.46. The predicted octanol–water partition coefficient (Wildman–Crippen LogP) is 1.19. The SMILES string of the molecule is O=C1COC(CN2CCC(CC(=O)N3CCc4ccccc4C3)CC2)CN1. The van der Waals surface area contributed by atoms with Crippen molar-refractivity contribution in [3.05, 3.63) is 35.4 Å². The van der Waals surface area contributed by atoms with Crippen LogP contribution in [0.3, 0.4) is 0 Å². The number of rotatable bonds is 4. The van der Waals surface area contributed by atoms with Gasteiger partial charge in [0.15, 0.2) is 0 Å². The van der Waals surface area contributed by atoms with Crippen LogP contribution in [0.15, 0.2) is 24.3 Å². The van der Waals surface area contributed by atoms with Crippen LogP contribution in [0.5, 0.6) is 0 Å². The van der Waals surface area contributed by atoms with Gasteiger partial charge < -0.3 is 19.9 Å². The molecule has 2 saturated heterocycles. The second-order valence-electron chi connectivity index (χ2n) is 8.02. The Morgan fingerprint density at radius 2 is 1.93 bits per heavy atom. The van der Waals surface area contributed by atoms with Crippen molar-refractivity contribution in [2.75, 3.05) is 39.3 Å². The zero-order valence-corrected chi connectivity index (χ0v) is 15.9. The number of hydrogen-bond acceptors (Lipinski definition) is 4. The maximum atomic E-state index is 12.8. The molecule has 4 rings (SSSR count). The minimum Gasteiger partial charge on any atom is -0.365 e. The molecule has 3 heterocycles. The van der Waals surface area contributed by atoms with Crippen molar-refractivity contribution >= 4 is 11.8 Å². The molecule has 27 heavy (non-hydrogen) atoms. The largest absolute Gasteiger partial charge is 0.365 e. The average molecular weight is 371 g/mol. The Morgan fingerprint density at radius 1 is 1.15 bits per heavy atom. The molecular formula is C21H29N3O3. The van der Waals surface area contributed by atoms with Crippen LogP contribution in [0, 0.1) is 5.92 Å². The third-order valence-corrected chi connectivity index (χ3v) is 6.09. The van der Waals surface area contributed by atoms with Crippen molar-refractivity contribution in [3.63, 3.8) is 0 Å². The first-order valence-electron chi connectivity index (χ1n) is 10.1. The minimum absolute atomic E-state index is 0.0243. The molecule has 0 saturated carbocycles. The summed E-state index contributed by atoms with van der Waals surface area (Å²) < 4.78 is 5.58. The van der Waals surface area contributed by atoms with Gasteiger partial charge in [-0.2, -0.15) is 0 Å². The topological polar surface area (TPSA) is 61.9 Å². The second kappa shape index (κ2) is 8.40. The summed E-state index contributed by atoms with van der Waals surface area (Å²) in [5, 5.41) is 2.86. The summed E-state index contributed by atoms with van der Waals surface area (Å²) in [7, 11) is 0. The number of likely N-dealkylation sites (tertiary alicyclic amines) is 1. The maximum Gasteiger partial charge on any atom is 0.246 e. The van der Waals surface area contributed by atoms with E-state index in [0.29, 0.717) is 24.8 Å². The lowest BCUT2D eigenvalue weighted by molar-refractivity contribution is -0.134. The highest BCUT2D eigenvalue weighted by Gasteiger charge is 2.28. The number of fused-ring (bicyclic) bond motifs is 1. The zero-order valence-electron chi connectivity index (χ0n) is 15.9. The molecule has 1 N–H and O–H groups in total. The average Bonchev–Trinajstić information content (AvgIpc) is 2.71. The van der Waals surface area contributed by atoms with E-state index in [9.17, 15) is 9.59 Å². The normalized spacial score (nSPS) is 24.4. The van der Waals surface area contributed by atoms with Crippen LogP contribution >= 0.6 is 0 Å². The molecule has 2 fully saturated rings. The highest BCUT2D eigenvalue weighted by molar-refractivity contribution is 5.77. The molecule has 0 radical (unpaired) electrons. The molecule has 0 aromatic heterocycles. The van der Waals surface area contributed by atoms with Gasteiger partial charge in [-0.25, -0.2) is 0 Å². The Bertz CT molecular complexity index is 675. The first-order chi connectivity index (χ1) is 13.2. The molecule has 3 aliphatic heterocycles. The molecule has 0 spiro atoms. The molecule has 1 aromatic carbocycles. The van der Waals surface area contributed by atoms with Gasteiger partial charge in [-0.1, -0.05) is 24.3 Å². The van der Waals surface area contributed by atoms with Gasteiger partial charge in [0, 0.05) is 32.6 Å². The van der Waals surface area contributed by atoms with Gasteiger partial charge in [-0.15, -0.1) is 0 Å². The summed E-state index contributed by atoms with van der Waals surface area (Å²) in [5.41, 5.74) is 2.68. The quantitative estimate of drug-likeness (QED) is 0.864. The lowest BCUT2D eigenvalue weighted by atomic mass is 9.92. The van der Waals surface area contributed by atoms with Crippen LogP contribution < -0.4 is 5.32 Å². The number of nitrogens with zero attached hydrogens (tertiary/aromatic N) is 2. The van der Waals surface area contributed by atoms with E-state index in [4.69, 9.17) is 4.74 Å². The van der Waals surface area contributed by atoms with Crippen molar-refractivity contribution < 1.29 is 14.3 Å². The van der Waals surface area contributed by atoms with Crippen molar-refractivity contribution in [3.8, 4) is 0 Å². The van der Waals surface area contributed by atoms with Crippen molar-refractivity contribution in [2.45, 2.75) is 38.3 Å². The Hall–Kier alpha value is -1.92. The van der Waals surface area contributed by atoms with Gasteiger partial charge in [0.05, 0.1) is 6.10 Å². The smallest absolute Gasteiger partial charge is 0.246 e. The molecule has 146 valence electrons. The molecule has 0 aliphatic carbocycles. The number of carbonyl (C=O) groups is 2. The molecule has 1 aromatic rings. The van der Waals surface area contributed by atoms with Crippen LogP contribution in [-0.2, 0) is 27.3 Å². The van der Waals surface area contributed by atoms with Gasteiger partial charge in [0.1, 0.15) is 6.61 Å². The number of ether oxygens (including phenoxy) is 1. The number of benzene rings is 1. The lowest BCUT2D eigenvalue weighted by Crippen LogP contribution is -2.49. The molecule has 2 amide bonds. The Morgan fingerprint density at radius 3 is 2.67 bits per heavy atom. The summed E-state index contributed by atoms with van der Waals surface area (Å²) in [5.74, 6) is 0.767. The van der Waals surface area contributed by atoms with Gasteiger partial charge in [0.25, 0.3) is 0 Å². The summed E-state index contributed by atoms with van der Waals surface area (Å²) in [6.45, 7) is 5.27. The summed E-state index contributed by atoms with van der Waals surface area (Å²) in [4.78, 5) is 28.4. The third kappa shape index (κ3) is 4.68. The number of carbonyl (C=O) groups excluding carboxylic acids is 2. The number of amides is 2. The van der Waals surface area contributed by atoms with E-state index in [1.54, 1.807) is 0 Å². The monoisotopic (exact) mass is 371 g/mol. The predicted molar refractivity (Wildman–Crippen MR) is 102 cm³/mol. The Labute approximate surface area is 160 Å². The van der Waals surface area contributed by atoms with Crippen molar-refractivity contribution in [1.82, 2.24) is 15.1 Å². The third-order valence-electron chi connectivity index (χ3n) is 6.09.